The Morgan fingerprint density at radius 2 is 1.67 bits per heavy atom. The first-order chi connectivity index (χ1) is 15.8. The van der Waals surface area contributed by atoms with Crippen molar-refractivity contribution in [2.24, 2.45) is 0 Å². The minimum absolute atomic E-state index is 0.0718. The van der Waals surface area contributed by atoms with Gasteiger partial charge < -0.3 is 5.32 Å². The summed E-state index contributed by atoms with van der Waals surface area (Å²) >= 11 is 0. The molecule has 1 atom stereocenters. The van der Waals surface area contributed by atoms with Gasteiger partial charge in [0.15, 0.2) is 5.82 Å². The number of amides is 3. The van der Waals surface area contributed by atoms with Crippen molar-refractivity contribution in [3.05, 3.63) is 82.2 Å². The highest BCUT2D eigenvalue weighted by Crippen LogP contribution is 2.33. The van der Waals surface area contributed by atoms with Crippen LogP contribution in [0.1, 0.15) is 46.2 Å². The first-order valence-corrected chi connectivity index (χ1v) is 10.3. The minimum atomic E-state index is -0.943. The van der Waals surface area contributed by atoms with Gasteiger partial charge in [-0.1, -0.05) is 30.3 Å². The predicted octanol–water partition coefficient (Wildman–Crippen LogP) is 2.56. The maximum absolute atomic E-state index is 14.4. The third kappa shape index (κ3) is 3.45. The zero-order chi connectivity index (χ0) is 23.3. The second kappa shape index (κ2) is 7.54. The minimum Gasteiger partial charge on any atom is -0.346 e. The molecule has 2 N–H and O–H groups in total. The van der Waals surface area contributed by atoms with E-state index < -0.39 is 17.0 Å². The number of aromatic nitrogens is 2. The molecule has 2 aromatic carbocycles. The van der Waals surface area contributed by atoms with Crippen LogP contribution in [-0.4, -0.2) is 27.7 Å². The summed E-state index contributed by atoms with van der Waals surface area (Å²) in [5, 5.41) is 5.00. The monoisotopic (exact) mass is 448 g/mol. The maximum Gasteiger partial charge on any atom is 0.255 e. The molecule has 9 heteroatoms. The van der Waals surface area contributed by atoms with Crippen LogP contribution >= 0.6 is 0 Å². The highest BCUT2D eigenvalue weighted by molar-refractivity contribution is 6.08. The summed E-state index contributed by atoms with van der Waals surface area (Å²) in [5.41, 5.74) is 1.20. The molecular formula is C24H18F2N4O3. The summed E-state index contributed by atoms with van der Waals surface area (Å²) in [6.07, 6.45) is 0.284. The molecule has 0 bridgehead atoms. The molecule has 1 unspecified atom stereocenters. The van der Waals surface area contributed by atoms with Gasteiger partial charge in [0.05, 0.1) is 34.5 Å². The Labute approximate surface area is 187 Å². The number of imide groups is 1. The fourth-order valence-corrected chi connectivity index (χ4v) is 4.28. The molecule has 1 saturated heterocycles. The van der Waals surface area contributed by atoms with Gasteiger partial charge in [-0.3, -0.25) is 19.7 Å². The molecule has 0 aliphatic carbocycles. The molecule has 5 rings (SSSR count). The second-order valence-corrected chi connectivity index (χ2v) is 8.35. The predicted molar refractivity (Wildman–Crippen MR) is 113 cm³/mol. The van der Waals surface area contributed by atoms with Gasteiger partial charge in [-0.05, 0) is 30.2 Å². The van der Waals surface area contributed by atoms with E-state index in [4.69, 9.17) is 0 Å². The van der Waals surface area contributed by atoms with E-state index >= 15 is 0 Å². The zero-order valence-corrected chi connectivity index (χ0v) is 17.5. The summed E-state index contributed by atoms with van der Waals surface area (Å²) in [4.78, 5) is 44.8. The number of carbonyl (C=O) groups excluding carboxylic acids is 3. The zero-order valence-electron chi connectivity index (χ0n) is 17.5. The van der Waals surface area contributed by atoms with E-state index in [-0.39, 0.29) is 48.5 Å². The van der Waals surface area contributed by atoms with Crippen LogP contribution in [0.2, 0.25) is 0 Å². The largest absolute Gasteiger partial charge is 0.346 e. The Balaban J connectivity index is 1.52. The summed E-state index contributed by atoms with van der Waals surface area (Å²) in [6, 6.07) is 10.6. The first-order valence-electron chi connectivity index (χ1n) is 10.3. The Hall–Kier alpha value is -4.01. The van der Waals surface area contributed by atoms with Crippen molar-refractivity contribution in [3.63, 3.8) is 0 Å². The van der Waals surface area contributed by atoms with Crippen molar-refractivity contribution in [2.75, 3.05) is 0 Å². The van der Waals surface area contributed by atoms with E-state index in [0.717, 1.165) is 17.7 Å². The molecule has 0 radical (unpaired) electrons. The Kier molecular flexibility index (Phi) is 4.77. The Morgan fingerprint density at radius 1 is 0.970 bits per heavy atom. The average molecular weight is 448 g/mol. The van der Waals surface area contributed by atoms with Crippen LogP contribution in [0.15, 0.2) is 42.5 Å². The number of nitrogens with zero attached hydrogens (tertiary/aromatic N) is 2. The van der Waals surface area contributed by atoms with Gasteiger partial charge in [0.1, 0.15) is 11.6 Å². The van der Waals surface area contributed by atoms with E-state index in [1.807, 2.05) is 0 Å². The van der Waals surface area contributed by atoms with Crippen LogP contribution in [0.3, 0.4) is 0 Å². The van der Waals surface area contributed by atoms with Gasteiger partial charge >= 0.3 is 0 Å². The second-order valence-electron chi connectivity index (χ2n) is 8.35. The Bertz CT molecular complexity index is 1320. The Morgan fingerprint density at radius 3 is 2.30 bits per heavy atom. The quantitative estimate of drug-likeness (QED) is 0.598. The molecule has 2 aliphatic rings. The smallest absolute Gasteiger partial charge is 0.255 e. The van der Waals surface area contributed by atoms with Gasteiger partial charge in [-0.15, -0.1) is 0 Å². The van der Waals surface area contributed by atoms with Crippen LogP contribution < -0.4 is 10.6 Å². The van der Waals surface area contributed by atoms with E-state index in [2.05, 4.69) is 20.6 Å². The molecule has 0 spiro atoms. The maximum atomic E-state index is 14.4. The SMILES string of the molecule is CC1(c2ccc(Cc3nc(-c4c(F)cccc4F)nc4c3C(=O)NC4)cc2)CC(=O)NC1=O. The van der Waals surface area contributed by atoms with Crippen molar-refractivity contribution >= 4 is 17.7 Å². The number of hydrogen-bond acceptors (Lipinski definition) is 5. The normalized spacial score (nSPS) is 19.4. The summed E-state index contributed by atoms with van der Waals surface area (Å²) in [6.45, 7) is 1.85. The molecule has 1 fully saturated rings. The molecule has 3 aromatic rings. The summed E-state index contributed by atoms with van der Waals surface area (Å²) < 4.78 is 28.7. The van der Waals surface area contributed by atoms with E-state index in [1.165, 1.54) is 6.07 Å². The van der Waals surface area contributed by atoms with Crippen LogP contribution in [0.4, 0.5) is 8.78 Å². The number of hydrogen-bond donors (Lipinski definition) is 2. The van der Waals surface area contributed by atoms with Crippen LogP contribution in [0.25, 0.3) is 11.4 Å². The molecule has 3 heterocycles. The molecule has 166 valence electrons. The van der Waals surface area contributed by atoms with Gasteiger partial charge in [0, 0.05) is 12.8 Å². The van der Waals surface area contributed by atoms with Crippen molar-refractivity contribution in [2.45, 2.75) is 31.7 Å². The van der Waals surface area contributed by atoms with Crippen molar-refractivity contribution < 1.29 is 23.2 Å². The fourth-order valence-electron chi connectivity index (χ4n) is 4.28. The number of nitrogens with one attached hydrogen (secondary N) is 2. The molecule has 1 aromatic heterocycles. The van der Waals surface area contributed by atoms with E-state index in [0.29, 0.717) is 22.5 Å². The lowest BCUT2D eigenvalue weighted by Crippen LogP contribution is -2.32. The molecule has 7 nitrogen and oxygen atoms in total. The molecule has 2 aliphatic heterocycles. The van der Waals surface area contributed by atoms with Crippen LogP contribution in [0, 0.1) is 11.6 Å². The molecule has 3 amide bonds. The van der Waals surface area contributed by atoms with Crippen molar-refractivity contribution in [3.8, 4) is 11.4 Å². The van der Waals surface area contributed by atoms with Gasteiger partial charge in [0.25, 0.3) is 5.91 Å². The molecule has 0 saturated carbocycles. The van der Waals surface area contributed by atoms with Crippen molar-refractivity contribution in [1.82, 2.24) is 20.6 Å². The van der Waals surface area contributed by atoms with E-state index in [1.54, 1.807) is 31.2 Å². The number of benzene rings is 2. The van der Waals surface area contributed by atoms with Crippen molar-refractivity contribution in [1.29, 1.82) is 0 Å². The first kappa shape index (κ1) is 20.9. The highest BCUT2D eigenvalue weighted by Gasteiger charge is 2.43. The average Bonchev–Trinajstić information content (AvgIpc) is 3.27. The molecule has 33 heavy (non-hydrogen) atoms. The number of halogens is 2. The van der Waals surface area contributed by atoms with Gasteiger partial charge in [-0.25, -0.2) is 18.7 Å². The third-order valence-electron chi connectivity index (χ3n) is 6.12. The highest BCUT2D eigenvalue weighted by atomic mass is 19.1. The summed E-state index contributed by atoms with van der Waals surface area (Å²) in [5.74, 6) is -2.71. The standard InChI is InChI=1S/C24H18F2N4O3/c1-24(10-18(31)30-23(24)33)13-7-5-12(6-8-13)9-16-20-17(11-27-22(20)32)29-21(28-16)19-14(25)3-2-4-15(19)26/h2-8H,9-11H2,1H3,(H,27,32)(H,30,31,33). The summed E-state index contributed by atoms with van der Waals surface area (Å²) in [7, 11) is 0. The van der Waals surface area contributed by atoms with Gasteiger partial charge in [-0.2, -0.15) is 0 Å². The van der Waals surface area contributed by atoms with Crippen LogP contribution in [0.5, 0.6) is 0 Å². The lowest BCUT2D eigenvalue weighted by Gasteiger charge is -2.20. The number of fused-ring (bicyclic) bond motifs is 1. The van der Waals surface area contributed by atoms with E-state index in [9.17, 15) is 23.2 Å². The lowest BCUT2D eigenvalue weighted by molar-refractivity contribution is -0.126. The number of rotatable bonds is 4. The number of carbonyl (C=O) groups is 3. The topological polar surface area (TPSA) is 101 Å². The molecular weight excluding hydrogens is 430 g/mol. The fraction of sp³-hybridized carbons (Fsp3) is 0.208. The van der Waals surface area contributed by atoms with Crippen LogP contribution in [-0.2, 0) is 28.0 Å². The third-order valence-corrected chi connectivity index (χ3v) is 6.12. The van der Waals surface area contributed by atoms with Gasteiger partial charge in [0.2, 0.25) is 11.8 Å². The lowest BCUT2D eigenvalue weighted by atomic mass is 9.80.